The predicted octanol–water partition coefficient (Wildman–Crippen LogP) is -0.603. The van der Waals surface area contributed by atoms with Crippen molar-refractivity contribution in [2.45, 2.75) is 13.5 Å². The lowest BCUT2D eigenvalue weighted by Crippen LogP contribution is -2.16. The Morgan fingerprint density at radius 3 is 3.00 bits per heavy atom. The van der Waals surface area contributed by atoms with Crippen LogP contribution in [0.1, 0.15) is 17.4 Å². The highest BCUT2D eigenvalue weighted by atomic mass is 16.1. The molecular weight excluding hydrogens is 132 g/mol. The molecule has 0 aliphatic carbocycles. The van der Waals surface area contributed by atoms with Gasteiger partial charge in [-0.3, -0.25) is 4.79 Å². The molecule has 1 aromatic rings. The molecule has 0 saturated heterocycles. The maximum Gasteiger partial charge on any atom is 0.268 e. The summed E-state index contributed by atoms with van der Waals surface area (Å²) in [6, 6.07) is 0. The molecule has 0 spiro atoms. The molecule has 1 rings (SSSR count). The maximum atomic E-state index is 10.6. The van der Waals surface area contributed by atoms with E-state index in [1.807, 2.05) is 6.92 Å². The Labute approximate surface area is 57.8 Å². The van der Waals surface area contributed by atoms with Crippen LogP contribution in [0.25, 0.3) is 0 Å². The van der Waals surface area contributed by atoms with E-state index in [1.165, 1.54) is 10.9 Å². The molecule has 0 aromatic carbocycles. The summed E-state index contributed by atoms with van der Waals surface area (Å²) in [5, 5.41) is 7.15. The van der Waals surface area contributed by atoms with Crippen molar-refractivity contribution >= 4 is 5.91 Å². The molecule has 10 heavy (non-hydrogen) atoms. The Balaban J connectivity index is 3.01. The molecule has 0 unspecified atom stereocenters. The number of aryl methyl sites for hydroxylation is 1. The molecule has 0 radical (unpaired) electrons. The Bertz CT molecular complexity index is 242. The van der Waals surface area contributed by atoms with Gasteiger partial charge in [0.2, 0.25) is 0 Å². The second-order valence-corrected chi connectivity index (χ2v) is 1.80. The third-order valence-electron chi connectivity index (χ3n) is 1.17. The van der Waals surface area contributed by atoms with Gasteiger partial charge in [0.15, 0.2) is 0 Å². The third-order valence-corrected chi connectivity index (χ3v) is 1.17. The van der Waals surface area contributed by atoms with Crippen LogP contribution in [0.2, 0.25) is 0 Å². The van der Waals surface area contributed by atoms with Crippen LogP contribution in [0.4, 0.5) is 0 Å². The van der Waals surface area contributed by atoms with Gasteiger partial charge in [-0.15, -0.1) is 5.10 Å². The van der Waals surface area contributed by atoms with E-state index in [9.17, 15) is 4.79 Å². The van der Waals surface area contributed by atoms with Gasteiger partial charge in [0.25, 0.3) is 5.91 Å². The SMILES string of the molecule is CCn1nncc1C(N)=O. The number of nitrogens with two attached hydrogens (primary N) is 1. The molecule has 1 aromatic heterocycles. The number of primary amides is 1. The number of aromatic nitrogens is 3. The molecule has 1 amide bonds. The lowest BCUT2D eigenvalue weighted by molar-refractivity contribution is 0.0990. The number of carbonyl (C=O) groups excluding carboxylic acids is 1. The van der Waals surface area contributed by atoms with E-state index >= 15 is 0 Å². The predicted molar refractivity (Wildman–Crippen MR) is 34.2 cm³/mol. The van der Waals surface area contributed by atoms with Crippen LogP contribution in [0.3, 0.4) is 0 Å². The first kappa shape index (κ1) is 6.73. The van der Waals surface area contributed by atoms with Crippen molar-refractivity contribution in [3.63, 3.8) is 0 Å². The smallest absolute Gasteiger partial charge is 0.268 e. The normalized spacial score (nSPS) is 9.70. The monoisotopic (exact) mass is 140 g/mol. The first-order valence-electron chi connectivity index (χ1n) is 2.94. The van der Waals surface area contributed by atoms with Gasteiger partial charge in [0.05, 0.1) is 6.20 Å². The van der Waals surface area contributed by atoms with E-state index in [1.54, 1.807) is 0 Å². The van der Waals surface area contributed by atoms with E-state index in [0.29, 0.717) is 12.2 Å². The van der Waals surface area contributed by atoms with E-state index < -0.39 is 5.91 Å². The highest BCUT2D eigenvalue weighted by molar-refractivity contribution is 5.90. The molecule has 54 valence electrons. The standard InChI is InChI=1S/C5H8N4O/c1-2-9-4(5(6)10)3-7-8-9/h3H,2H2,1H3,(H2,6,10). The zero-order valence-electron chi connectivity index (χ0n) is 5.61. The minimum atomic E-state index is -0.494. The van der Waals surface area contributed by atoms with Crippen LogP contribution in [0.5, 0.6) is 0 Å². The molecule has 0 fully saturated rings. The molecule has 1 heterocycles. The summed E-state index contributed by atoms with van der Waals surface area (Å²) in [6.07, 6.45) is 1.35. The zero-order valence-corrected chi connectivity index (χ0v) is 5.61. The molecule has 0 atom stereocenters. The average Bonchev–Trinajstić information content (AvgIpc) is 2.33. The Morgan fingerprint density at radius 1 is 1.90 bits per heavy atom. The van der Waals surface area contributed by atoms with E-state index in [0.717, 1.165) is 0 Å². The Hall–Kier alpha value is -1.39. The minimum Gasteiger partial charge on any atom is -0.364 e. The topological polar surface area (TPSA) is 73.8 Å². The number of amides is 1. The summed E-state index contributed by atoms with van der Waals surface area (Å²) >= 11 is 0. The van der Waals surface area contributed by atoms with E-state index in [4.69, 9.17) is 5.73 Å². The van der Waals surface area contributed by atoms with Gasteiger partial charge in [0.1, 0.15) is 5.69 Å². The number of nitrogens with zero attached hydrogens (tertiary/aromatic N) is 3. The average molecular weight is 140 g/mol. The second kappa shape index (κ2) is 2.47. The Morgan fingerprint density at radius 2 is 2.60 bits per heavy atom. The Kier molecular flexibility index (Phi) is 1.66. The summed E-state index contributed by atoms with van der Waals surface area (Å²) in [5.74, 6) is -0.494. The number of rotatable bonds is 2. The van der Waals surface area contributed by atoms with Crippen molar-refractivity contribution in [3.05, 3.63) is 11.9 Å². The van der Waals surface area contributed by atoms with E-state index in [2.05, 4.69) is 10.3 Å². The van der Waals surface area contributed by atoms with Crippen LogP contribution in [-0.4, -0.2) is 20.9 Å². The fourth-order valence-electron chi connectivity index (χ4n) is 0.682. The zero-order chi connectivity index (χ0) is 7.56. The summed E-state index contributed by atoms with van der Waals surface area (Å²) in [5.41, 5.74) is 5.34. The van der Waals surface area contributed by atoms with Gasteiger partial charge in [-0.05, 0) is 6.92 Å². The second-order valence-electron chi connectivity index (χ2n) is 1.80. The first-order valence-corrected chi connectivity index (χ1v) is 2.94. The first-order chi connectivity index (χ1) is 4.75. The van der Waals surface area contributed by atoms with Crippen molar-refractivity contribution in [3.8, 4) is 0 Å². The molecule has 0 aliphatic heterocycles. The fourth-order valence-corrected chi connectivity index (χ4v) is 0.682. The summed E-state index contributed by atoms with van der Waals surface area (Å²) in [7, 11) is 0. The minimum absolute atomic E-state index is 0.350. The van der Waals surface area contributed by atoms with Crippen molar-refractivity contribution in [1.82, 2.24) is 15.0 Å². The number of hydrogen-bond acceptors (Lipinski definition) is 3. The molecule has 0 bridgehead atoms. The van der Waals surface area contributed by atoms with Crippen LogP contribution in [0, 0.1) is 0 Å². The number of hydrogen-bond donors (Lipinski definition) is 1. The maximum absolute atomic E-state index is 10.6. The fraction of sp³-hybridized carbons (Fsp3) is 0.400. The van der Waals surface area contributed by atoms with Crippen molar-refractivity contribution < 1.29 is 4.79 Å². The molecular formula is C5H8N4O. The molecule has 5 nitrogen and oxygen atoms in total. The largest absolute Gasteiger partial charge is 0.364 e. The van der Waals surface area contributed by atoms with Crippen LogP contribution in [-0.2, 0) is 6.54 Å². The molecule has 5 heteroatoms. The quantitative estimate of drug-likeness (QED) is 0.595. The van der Waals surface area contributed by atoms with Crippen molar-refractivity contribution in [1.29, 1.82) is 0 Å². The van der Waals surface area contributed by atoms with Gasteiger partial charge < -0.3 is 5.73 Å². The van der Waals surface area contributed by atoms with E-state index in [-0.39, 0.29) is 0 Å². The van der Waals surface area contributed by atoms with Crippen LogP contribution < -0.4 is 5.73 Å². The van der Waals surface area contributed by atoms with Gasteiger partial charge in [-0.25, -0.2) is 4.68 Å². The van der Waals surface area contributed by atoms with Crippen molar-refractivity contribution in [2.24, 2.45) is 5.73 Å². The molecule has 0 saturated carbocycles. The van der Waals surface area contributed by atoms with Gasteiger partial charge in [-0.2, -0.15) is 0 Å². The highest BCUT2D eigenvalue weighted by Crippen LogP contribution is 1.92. The summed E-state index contributed by atoms with van der Waals surface area (Å²) in [6.45, 7) is 2.47. The van der Waals surface area contributed by atoms with Gasteiger partial charge in [0, 0.05) is 6.54 Å². The highest BCUT2D eigenvalue weighted by Gasteiger charge is 2.06. The summed E-state index contributed by atoms with van der Waals surface area (Å²) in [4.78, 5) is 10.6. The van der Waals surface area contributed by atoms with Crippen molar-refractivity contribution in [2.75, 3.05) is 0 Å². The molecule has 0 aliphatic rings. The van der Waals surface area contributed by atoms with Crippen LogP contribution >= 0.6 is 0 Å². The number of carbonyl (C=O) groups is 1. The third kappa shape index (κ3) is 0.975. The lowest BCUT2D eigenvalue weighted by Gasteiger charge is -1.95. The van der Waals surface area contributed by atoms with Gasteiger partial charge in [-0.1, -0.05) is 5.21 Å². The molecule has 2 N–H and O–H groups in total. The van der Waals surface area contributed by atoms with Crippen LogP contribution in [0.15, 0.2) is 6.20 Å². The summed E-state index contributed by atoms with van der Waals surface area (Å²) < 4.78 is 1.45. The lowest BCUT2D eigenvalue weighted by atomic mass is 10.4. The van der Waals surface area contributed by atoms with Gasteiger partial charge >= 0.3 is 0 Å².